The first-order valence-electron chi connectivity index (χ1n) is 11.9. The Morgan fingerprint density at radius 1 is 0.974 bits per heavy atom. The number of carbonyl (C=O) groups is 2. The van der Waals surface area contributed by atoms with Gasteiger partial charge in [-0.05, 0) is 48.4 Å². The third-order valence-electron chi connectivity index (χ3n) is 5.85. The summed E-state index contributed by atoms with van der Waals surface area (Å²) in [5.74, 6) is -1.84. The van der Waals surface area contributed by atoms with Gasteiger partial charge in [0.2, 0.25) is 21.8 Å². The summed E-state index contributed by atoms with van der Waals surface area (Å²) in [6.45, 7) is 1.29. The van der Waals surface area contributed by atoms with Crippen molar-refractivity contribution in [3.8, 4) is 0 Å². The van der Waals surface area contributed by atoms with E-state index in [2.05, 4.69) is 5.32 Å². The van der Waals surface area contributed by atoms with E-state index in [4.69, 9.17) is 34.8 Å². The van der Waals surface area contributed by atoms with Crippen molar-refractivity contribution in [2.75, 3.05) is 23.7 Å². The van der Waals surface area contributed by atoms with Crippen LogP contribution in [0.4, 0.5) is 10.1 Å². The predicted molar refractivity (Wildman–Crippen MR) is 153 cm³/mol. The van der Waals surface area contributed by atoms with Gasteiger partial charge in [0.1, 0.15) is 18.4 Å². The fraction of sp³-hybridized carbons (Fsp3) is 0.259. The Hall–Kier alpha value is -2.85. The average molecular weight is 615 g/mol. The van der Waals surface area contributed by atoms with E-state index in [0.29, 0.717) is 17.1 Å². The van der Waals surface area contributed by atoms with E-state index in [1.807, 2.05) is 30.3 Å². The molecule has 0 bridgehead atoms. The SMILES string of the molecule is CCNC(=O)[C@H](Cc1ccccc1)N(Cc1ccc(Cl)cc1Cl)C(=O)CN(c1ccc(F)c(Cl)c1)S(C)(=O)=O. The summed E-state index contributed by atoms with van der Waals surface area (Å²) >= 11 is 18.4. The summed E-state index contributed by atoms with van der Waals surface area (Å²) in [4.78, 5) is 28.5. The van der Waals surface area contributed by atoms with Gasteiger partial charge in [-0.2, -0.15) is 0 Å². The second-order valence-corrected chi connectivity index (χ2v) is 11.9. The maximum absolute atomic E-state index is 13.9. The number of amides is 2. The molecule has 1 atom stereocenters. The second-order valence-electron chi connectivity index (χ2n) is 8.73. The Labute approximate surface area is 242 Å². The molecule has 3 aromatic rings. The number of hydrogen-bond acceptors (Lipinski definition) is 4. The zero-order valence-corrected chi connectivity index (χ0v) is 24.3. The smallest absolute Gasteiger partial charge is 0.244 e. The van der Waals surface area contributed by atoms with Gasteiger partial charge in [-0.1, -0.05) is 71.2 Å². The Morgan fingerprint density at radius 2 is 1.67 bits per heavy atom. The first-order valence-corrected chi connectivity index (χ1v) is 14.9. The lowest BCUT2D eigenvalue weighted by atomic mass is 10.0. The van der Waals surface area contributed by atoms with E-state index in [-0.39, 0.29) is 28.7 Å². The highest BCUT2D eigenvalue weighted by Gasteiger charge is 2.33. The Balaban J connectivity index is 2.07. The van der Waals surface area contributed by atoms with Crippen molar-refractivity contribution in [1.82, 2.24) is 10.2 Å². The summed E-state index contributed by atoms with van der Waals surface area (Å²) in [6.07, 6.45) is 1.08. The number of anilines is 1. The summed E-state index contributed by atoms with van der Waals surface area (Å²) in [5.41, 5.74) is 1.30. The van der Waals surface area contributed by atoms with E-state index in [1.54, 1.807) is 19.1 Å². The minimum Gasteiger partial charge on any atom is -0.355 e. The van der Waals surface area contributed by atoms with E-state index in [0.717, 1.165) is 28.3 Å². The standard InChI is InChI=1S/C27H27Cl3FN3O4S/c1-3-32-27(36)25(13-18-7-5-4-6-8-18)33(16-19-9-10-20(28)14-22(19)29)26(35)17-34(39(2,37)38)21-11-12-24(31)23(30)15-21/h4-12,14-15,25H,3,13,16-17H2,1-2H3,(H,32,36)/t25-/m0/s1. The van der Waals surface area contributed by atoms with Gasteiger partial charge in [-0.25, -0.2) is 12.8 Å². The van der Waals surface area contributed by atoms with Gasteiger partial charge in [0.05, 0.1) is 17.0 Å². The molecule has 0 aliphatic carbocycles. The monoisotopic (exact) mass is 613 g/mol. The van der Waals surface area contributed by atoms with Gasteiger partial charge in [-0.3, -0.25) is 13.9 Å². The van der Waals surface area contributed by atoms with Gasteiger partial charge >= 0.3 is 0 Å². The average Bonchev–Trinajstić information content (AvgIpc) is 2.87. The molecule has 0 heterocycles. The number of nitrogens with one attached hydrogen (secondary N) is 1. The fourth-order valence-corrected chi connectivity index (χ4v) is 5.42. The molecule has 0 spiro atoms. The van der Waals surface area contributed by atoms with E-state index in [1.165, 1.54) is 17.0 Å². The lowest BCUT2D eigenvalue weighted by Gasteiger charge is -2.33. The molecule has 39 heavy (non-hydrogen) atoms. The fourth-order valence-electron chi connectivity index (χ4n) is 3.93. The summed E-state index contributed by atoms with van der Waals surface area (Å²) in [7, 11) is -4.02. The van der Waals surface area contributed by atoms with Crippen LogP contribution in [-0.4, -0.2) is 50.5 Å². The molecule has 0 unspecified atom stereocenters. The van der Waals surface area contributed by atoms with Crippen molar-refractivity contribution < 1.29 is 22.4 Å². The molecule has 0 saturated heterocycles. The van der Waals surface area contributed by atoms with Crippen molar-refractivity contribution in [2.45, 2.75) is 25.9 Å². The van der Waals surface area contributed by atoms with Crippen LogP contribution in [0.2, 0.25) is 15.1 Å². The van der Waals surface area contributed by atoms with Crippen LogP contribution in [0.1, 0.15) is 18.1 Å². The Bertz CT molecular complexity index is 1440. The number of hydrogen-bond donors (Lipinski definition) is 1. The Kier molecular flexibility index (Phi) is 10.6. The number of rotatable bonds is 11. The minimum absolute atomic E-state index is 0.000607. The number of sulfonamides is 1. The molecule has 0 aliphatic heterocycles. The third-order valence-corrected chi connectivity index (χ3v) is 7.87. The van der Waals surface area contributed by atoms with Gasteiger partial charge < -0.3 is 10.2 Å². The molecule has 0 saturated carbocycles. The molecular weight excluding hydrogens is 588 g/mol. The van der Waals surface area contributed by atoms with Crippen molar-refractivity contribution >= 4 is 62.3 Å². The van der Waals surface area contributed by atoms with Crippen molar-refractivity contribution in [2.24, 2.45) is 0 Å². The number of halogens is 4. The molecule has 3 rings (SSSR count). The molecule has 12 heteroatoms. The number of benzene rings is 3. The molecule has 0 fully saturated rings. The van der Waals surface area contributed by atoms with Crippen LogP contribution in [0.25, 0.3) is 0 Å². The summed E-state index contributed by atoms with van der Waals surface area (Å²) in [6, 6.07) is 16.2. The summed E-state index contributed by atoms with van der Waals surface area (Å²) < 4.78 is 40.1. The highest BCUT2D eigenvalue weighted by Crippen LogP contribution is 2.27. The molecule has 2 amide bonds. The minimum atomic E-state index is -4.02. The largest absolute Gasteiger partial charge is 0.355 e. The van der Waals surface area contributed by atoms with Crippen LogP contribution in [-0.2, 0) is 32.6 Å². The molecule has 0 radical (unpaired) electrons. The van der Waals surface area contributed by atoms with Crippen LogP contribution >= 0.6 is 34.8 Å². The van der Waals surface area contributed by atoms with E-state index < -0.39 is 40.2 Å². The van der Waals surface area contributed by atoms with Crippen LogP contribution in [0, 0.1) is 5.82 Å². The second kappa shape index (κ2) is 13.5. The van der Waals surface area contributed by atoms with E-state index in [9.17, 15) is 22.4 Å². The molecule has 3 aromatic carbocycles. The zero-order valence-electron chi connectivity index (χ0n) is 21.2. The highest BCUT2D eigenvalue weighted by molar-refractivity contribution is 7.92. The number of nitrogens with zero attached hydrogens (tertiary/aromatic N) is 2. The van der Waals surface area contributed by atoms with Gasteiger partial charge in [0, 0.05) is 29.6 Å². The lowest BCUT2D eigenvalue weighted by molar-refractivity contribution is -0.140. The van der Waals surface area contributed by atoms with Gasteiger partial charge in [-0.15, -0.1) is 0 Å². The Morgan fingerprint density at radius 3 is 2.26 bits per heavy atom. The highest BCUT2D eigenvalue weighted by atomic mass is 35.5. The molecule has 0 aromatic heterocycles. The van der Waals surface area contributed by atoms with Crippen LogP contribution < -0.4 is 9.62 Å². The number of carbonyl (C=O) groups excluding carboxylic acids is 2. The molecule has 7 nitrogen and oxygen atoms in total. The maximum Gasteiger partial charge on any atom is 0.244 e. The zero-order chi connectivity index (χ0) is 28.7. The van der Waals surface area contributed by atoms with Crippen molar-refractivity contribution in [1.29, 1.82) is 0 Å². The first-order chi connectivity index (χ1) is 18.4. The first kappa shape index (κ1) is 30.7. The molecule has 0 aliphatic rings. The normalized spacial score (nSPS) is 12.1. The van der Waals surface area contributed by atoms with Crippen LogP contribution in [0.15, 0.2) is 66.7 Å². The van der Waals surface area contributed by atoms with Crippen LogP contribution in [0.5, 0.6) is 0 Å². The quantitative estimate of drug-likeness (QED) is 0.317. The topological polar surface area (TPSA) is 86.8 Å². The van der Waals surface area contributed by atoms with Crippen LogP contribution in [0.3, 0.4) is 0 Å². The van der Waals surface area contributed by atoms with Gasteiger partial charge in [0.25, 0.3) is 0 Å². The van der Waals surface area contributed by atoms with Gasteiger partial charge in [0.15, 0.2) is 0 Å². The molecular formula is C27H27Cl3FN3O4S. The predicted octanol–water partition coefficient (Wildman–Crippen LogP) is 5.33. The summed E-state index contributed by atoms with van der Waals surface area (Å²) in [5, 5.41) is 3.13. The molecule has 1 N–H and O–H groups in total. The third kappa shape index (κ3) is 8.32. The lowest BCUT2D eigenvalue weighted by Crippen LogP contribution is -2.53. The van der Waals surface area contributed by atoms with Crippen molar-refractivity contribution in [3.05, 3.63) is 98.7 Å². The van der Waals surface area contributed by atoms with Crippen molar-refractivity contribution in [3.63, 3.8) is 0 Å². The number of likely N-dealkylation sites (N-methyl/N-ethyl adjacent to an activating group) is 1. The van der Waals surface area contributed by atoms with E-state index >= 15 is 0 Å². The maximum atomic E-state index is 13.9. The molecule has 208 valence electrons.